The quantitative estimate of drug-likeness (QED) is 0.140. The molecule has 1 atom stereocenters. The van der Waals surface area contributed by atoms with Crippen LogP contribution < -0.4 is 19.5 Å². The highest BCUT2D eigenvalue weighted by atomic mass is 19.4. The Kier molecular flexibility index (Phi) is 9.89. The molecule has 45 heavy (non-hydrogen) atoms. The van der Waals surface area contributed by atoms with Crippen LogP contribution in [-0.2, 0) is 28.6 Å². The fraction of sp³-hybridized carbons (Fsp3) is 0.562. The second kappa shape index (κ2) is 13.0. The first-order valence-electron chi connectivity index (χ1n) is 15.1. The number of imide groups is 1. The molecule has 0 radical (unpaired) electrons. The average molecular weight is 645 g/mol. The highest BCUT2D eigenvalue weighted by molar-refractivity contribution is 6.07. The largest absolute Gasteiger partial charge is 0.494 e. The van der Waals surface area contributed by atoms with E-state index in [2.05, 4.69) is 5.32 Å². The summed E-state index contributed by atoms with van der Waals surface area (Å²) in [5.74, 6) is 0.0317. The Labute approximate surface area is 258 Å². The monoisotopic (exact) mass is 644 g/mol. The smallest absolute Gasteiger partial charge is 0.410 e. The van der Waals surface area contributed by atoms with Gasteiger partial charge in [0.15, 0.2) is 0 Å². The van der Waals surface area contributed by atoms with Gasteiger partial charge in [-0.3, -0.25) is 9.69 Å². The number of benzene rings is 2. The van der Waals surface area contributed by atoms with E-state index in [-0.39, 0.29) is 42.9 Å². The van der Waals surface area contributed by atoms with Gasteiger partial charge in [0.25, 0.3) is 5.91 Å². The number of unbranched alkanes of at least 4 members (excludes halogenated alkanes) is 1. The normalized spacial score (nSPS) is 19.4. The van der Waals surface area contributed by atoms with E-state index in [0.29, 0.717) is 43.6 Å². The van der Waals surface area contributed by atoms with Gasteiger partial charge in [-0.25, -0.2) is 4.79 Å². The standard InChI is InChI=1S/C32H38F6N2O5/c1-5-10-20-18-24-26(45-19-30(24,31(33,34)35)32(36,37)38)23(11-6-2)25(20)44-17-9-8-16-40-27(41)29(4,39-28(40)42)21-12-14-22(15-13-21)43-7-3/h12-15,18H,5-11,16-17,19H2,1-4H3,(H,39,42). The summed E-state index contributed by atoms with van der Waals surface area (Å²) in [5, 5.41) is 2.75. The van der Waals surface area contributed by atoms with Crippen LogP contribution in [0.1, 0.15) is 75.6 Å². The molecule has 0 spiro atoms. The second-order valence-electron chi connectivity index (χ2n) is 11.4. The molecule has 0 bridgehead atoms. The van der Waals surface area contributed by atoms with Gasteiger partial charge in [-0.2, -0.15) is 26.3 Å². The van der Waals surface area contributed by atoms with Gasteiger partial charge >= 0.3 is 18.4 Å². The van der Waals surface area contributed by atoms with E-state index in [1.54, 1.807) is 45.0 Å². The number of carbonyl (C=O) groups is 2. The first-order valence-corrected chi connectivity index (χ1v) is 15.1. The third kappa shape index (κ3) is 6.14. The summed E-state index contributed by atoms with van der Waals surface area (Å²) in [6.07, 6.45) is -9.25. The minimum atomic E-state index is -5.62. The molecule has 1 N–H and O–H groups in total. The molecule has 3 amide bonds. The van der Waals surface area contributed by atoms with Gasteiger partial charge in [0.05, 0.1) is 13.2 Å². The minimum Gasteiger partial charge on any atom is -0.494 e. The zero-order chi connectivity index (χ0) is 33.2. The maximum Gasteiger partial charge on any atom is 0.410 e. The zero-order valence-electron chi connectivity index (χ0n) is 25.7. The number of halogens is 6. The fourth-order valence-corrected chi connectivity index (χ4v) is 5.94. The third-order valence-corrected chi connectivity index (χ3v) is 8.32. The number of nitrogens with one attached hydrogen (secondary N) is 1. The van der Waals surface area contributed by atoms with Gasteiger partial charge in [0.1, 0.15) is 29.4 Å². The molecule has 13 heteroatoms. The summed E-state index contributed by atoms with van der Waals surface area (Å²) in [7, 11) is 0. The lowest BCUT2D eigenvalue weighted by Crippen LogP contribution is -2.55. The highest BCUT2D eigenvalue weighted by Gasteiger charge is 2.75. The summed E-state index contributed by atoms with van der Waals surface area (Å²) >= 11 is 0. The van der Waals surface area contributed by atoms with Gasteiger partial charge in [-0.05, 0) is 68.9 Å². The Morgan fingerprint density at radius 2 is 1.58 bits per heavy atom. The van der Waals surface area contributed by atoms with Crippen LogP contribution in [0.2, 0.25) is 0 Å². The Bertz CT molecular complexity index is 1380. The lowest BCUT2D eigenvalue weighted by atomic mass is 9.78. The van der Waals surface area contributed by atoms with Crippen LogP contribution in [0.4, 0.5) is 31.1 Å². The van der Waals surface area contributed by atoms with Crippen molar-refractivity contribution in [2.24, 2.45) is 0 Å². The molecule has 4 rings (SSSR count). The second-order valence-corrected chi connectivity index (χ2v) is 11.4. The topological polar surface area (TPSA) is 77.1 Å². The predicted molar refractivity (Wildman–Crippen MR) is 154 cm³/mol. The van der Waals surface area contributed by atoms with Gasteiger partial charge in [-0.1, -0.05) is 38.8 Å². The van der Waals surface area contributed by atoms with Crippen LogP contribution in [0.15, 0.2) is 30.3 Å². The van der Waals surface area contributed by atoms with Crippen molar-refractivity contribution in [3.63, 3.8) is 0 Å². The number of alkyl halides is 6. The van der Waals surface area contributed by atoms with Gasteiger partial charge in [0, 0.05) is 17.7 Å². The molecule has 7 nitrogen and oxygen atoms in total. The van der Waals surface area contributed by atoms with E-state index in [0.717, 1.165) is 11.0 Å². The number of urea groups is 1. The lowest BCUT2D eigenvalue weighted by molar-refractivity contribution is -0.303. The maximum absolute atomic E-state index is 14.1. The number of hydrogen-bond donors (Lipinski definition) is 1. The Balaban J connectivity index is 1.49. The van der Waals surface area contributed by atoms with E-state index < -0.39 is 53.2 Å². The number of nitrogens with zero attached hydrogens (tertiary/aromatic N) is 1. The lowest BCUT2D eigenvalue weighted by Gasteiger charge is -2.33. The molecule has 2 heterocycles. The van der Waals surface area contributed by atoms with Crippen molar-refractivity contribution in [2.75, 3.05) is 26.4 Å². The molecule has 2 aromatic rings. The summed E-state index contributed by atoms with van der Waals surface area (Å²) in [4.78, 5) is 27.1. The Morgan fingerprint density at radius 3 is 2.16 bits per heavy atom. The van der Waals surface area contributed by atoms with E-state index in [4.69, 9.17) is 14.2 Å². The van der Waals surface area contributed by atoms with Crippen LogP contribution >= 0.6 is 0 Å². The maximum atomic E-state index is 14.1. The fourth-order valence-electron chi connectivity index (χ4n) is 5.94. The van der Waals surface area contributed by atoms with E-state index in [1.807, 2.05) is 6.92 Å². The number of amides is 3. The molecule has 2 aliphatic rings. The Morgan fingerprint density at radius 1 is 0.933 bits per heavy atom. The first kappa shape index (κ1) is 34.2. The molecule has 1 saturated heterocycles. The predicted octanol–water partition coefficient (Wildman–Crippen LogP) is 7.37. The van der Waals surface area contributed by atoms with Gasteiger partial charge in [-0.15, -0.1) is 0 Å². The number of ether oxygens (including phenoxy) is 3. The average Bonchev–Trinajstić information content (AvgIpc) is 3.46. The molecule has 2 aromatic carbocycles. The van der Waals surface area contributed by atoms with E-state index in [9.17, 15) is 35.9 Å². The zero-order valence-corrected chi connectivity index (χ0v) is 25.7. The van der Waals surface area contributed by atoms with Crippen LogP contribution in [0.5, 0.6) is 17.2 Å². The number of aryl methyl sites for hydroxylation is 1. The molecule has 248 valence electrons. The molecule has 2 aliphatic heterocycles. The van der Waals surface area contributed by atoms with Crippen LogP contribution in [-0.4, -0.2) is 55.6 Å². The number of carbonyl (C=O) groups excluding carboxylic acids is 2. The molecular weight excluding hydrogens is 606 g/mol. The third-order valence-electron chi connectivity index (χ3n) is 8.32. The molecule has 0 saturated carbocycles. The molecule has 0 aliphatic carbocycles. The van der Waals surface area contributed by atoms with E-state index in [1.165, 1.54) is 0 Å². The highest BCUT2D eigenvalue weighted by Crippen LogP contribution is 2.59. The summed E-state index contributed by atoms with van der Waals surface area (Å²) < 4.78 is 101. The van der Waals surface area contributed by atoms with Crippen LogP contribution in [0.25, 0.3) is 0 Å². The van der Waals surface area contributed by atoms with Crippen LogP contribution in [0.3, 0.4) is 0 Å². The molecule has 0 aromatic heterocycles. The number of fused-ring (bicyclic) bond motifs is 1. The van der Waals surface area contributed by atoms with Gasteiger partial charge in [0.2, 0.25) is 5.41 Å². The number of hydrogen-bond acceptors (Lipinski definition) is 5. The summed E-state index contributed by atoms with van der Waals surface area (Å²) in [6, 6.07) is 7.28. The Hall–Kier alpha value is -3.64. The van der Waals surface area contributed by atoms with Crippen molar-refractivity contribution in [1.29, 1.82) is 0 Å². The van der Waals surface area contributed by atoms with Crippen molar-refractivity contribution in [3.8, 4) is 17.2 Å². The molecule has 1 fully saturated rings. The summed E-state index contributed by atoms with van der Waals surface area (Å²) in [5.41, 5.74) is -5.26. The van der Waals surface area contributed by atoms with Gasteiger partial charge < -0.3 is 19.5 Å². The molecular formula is C32H38F6N2O5. The number of rotatable bonds is 13. The SMILES string of the molecule is CCCc1cc2c(c(CCC)c1OCCCCN1C(=O)NC(C)(c3ccc(OCC)cc3)C1=O)OCC2(C(F)(F)F)C(F)(F)F. The van der Waals surface area contributed by atoms with Crippen molar-refractivity contribution in [3.05, 3.63) is 52.6 Å². The van der Waals surface area contributed by atoms with Crippen LogP contribution in [0, 0.1) is 0 Å². The van der Waals surface area contributed by atoms with E-state index >= 15 is 0 Å². The van der Waals surface area contributed by atoms with Crippen molar-refractivity contribution < 1.29 is 50.1 Å². The molecule has 1 unspecified atom stereocenters. The van der Waals surface area contributed by atoms with Crippen molar-refractivity contribution in [1.82, 2.24) is 10.2 Å². The minimum absolute atomic E-state index is 0.0652. The first-order chi connectivity index (χ1) is 21.2. The van der Waals surface area contributed by atoms with Crippen molar-refractivity contribution >= 4 is 11.9 Å². The van der Waals surface area contributed by atoms with Crippen molar-refractivity contribution in [2.45, 2.75) is 89.5 Å². The summed E-state index contributed by atoms with van der Waals surface area (Å²) in [6.45, 7) is 6.08.